The molecule has 0 aliphatic heterocycles. The third kappa shape index (κ3) is 8.21. The number of nitrogens with two attached hydrogens (primary N) is 1. The van der Waals surface area contributed by atoms with Crippen LogP contribution in [0.3, 0.4) is 0 Å². The molecule has 0 aliphatic carbocycles. The summed E-state index contributed by atoms with van der Waals surface area (Å²) in [5.74, 6) is 0.0900. The average Bonchev–Trinajstić information content (AvgIpc) is 2.26. The predicted octanol–water partition coefficient (Wildman–Crippen LogP) is 1.14. The topological polar surface area (TPSA) is 91.0 Å². The standard InChI is InChI=1S/C9H22NO5P/c1-13-7-9(5-3-4-6-10)8-15-16(11,12)14-2/h9H,3-8,10H2,1-2H3,(H,11,12). The molecule has 0 heterocycles. The van der Waals surface area contributed by atoms with Gasteiger partial charge in [-0.1, -0.05) is 6.42 Å². The van der Waals surface area contributed by atoms with Gasteiger partial charge in [0.05, 0.1) is 13.2 Å². The molecule has 0 aromatic carbocycles. The van der Waals surface area contributed by atoms with Crippen LogP contribution in [0.4, 0.5) is 0 Å². The summed E-state index contributed by atoms with van der Waals surface area (Å²) in [6.07, 6.45) is 2.74. The minimum absolute atomic E-state index is 0.0900. The molecule has 3 N–H and O–H groups in total. The Labute approximate surface area is 96.7 Å². The zero-order chi connectivity index (χ0) is 12.4. The van der Waals surface area contributed by atoms with Gasteiger partial charge in [-0.3, -0.25) is 9.05 Å². The summed E-state index contributed by atoms with van der Waals surface area (Å²) in [4.78, 5) is 9.06. The van der Waals surface area contributed by atoms with Crippen LogP contribution in [-0.4, -0.2) is 38.9 Å². The molecule has 0 aromatic rings. The summed E-state index contributed by atoms with van der Waals surface area (Å²) in [7, 11) is -1.14. The van der Waals surface area contributed by atoms with E-state index in [-0.39, 0.29) is 12.5 Å². The van der Waals surface area contributed by atoms with Crippen molar-refractivity contribution in [1.82, 2.24) is 0 Å². The first kappa shape index (κ1) is 16.0. The molecule has 0 bridgehead atoms. The van der Waals surface area contributed by atoms with Gasteiger partial charge in [-0.2, -0.15) is 0 Å². The molecule has 0 rings (SSSR count). The summed E-state index contributed by atoms with van der Waals surface area (Å²) in [5, 5.41) is 0. The molecule has 0 amide bonds. The van der Waals surface area contributed by atoms with Crippen LogP contribution < -0.4 is 5.73 Å². The smallest absolute Gasteiger partial charge is 0.384 e. The molecule has 2 unspecified atom stereocenters. The van der Waals surface area contributed by atoms with E-state index in [9.17, 15) is 4.57 Å². The van der Waals surface area contributed by atoms with E-state index < -0.39 is 7.82 Å². The van der Waals surface area contributed by atoms with Crippen molar-refractivity contribution < 1.29 is 23.2 Å². The van der Waals surface area contributed by atoms with Crippen LogP contribution in [0.5, 0.6) is 0 Å². The lowest BCUT2D eigenvalue weighted by atomic mass is 10.0. The fourth-order valence-corrected chi connectivity index (χ4v) is 1.78. The third-order valence-corrected chi connectivity index (χ3v) is 3.11. The van der Waals surface area contributed by atoms with E-state index in [1.807, 2.05) is 0 Å². The van der Waals surface area contributed by atoms with Gasteiger partial charge in [0, 0.05) is 20.1 Å². The number of ether oxygens (including phenoxy) is 1. The maximum absolute atomic E-state index is 11.1. The van der Waals surface area contributed by atoms with Crippen LogP contribution in [0, 0.1) is 5.92 Å². The van der Waals surface area contributed by atoms with Crippen LogP contribution in [0.15, 0.2) is 0 Å². The molecular formula is C9H22NO5P. The number of methoxy groups -OCH3 is 1. The van der Waals surface area contributed by atoms with Crippen molar-refractivity contribution in [3.8, 4) is 0 Å². The van der Waals surface area contributed by atoms with Gasteiger partial charge in [0.2, 0.25) is 0 Å². The first-order valence-corrected chi connectivity index (χ1v) is 6.77. The van der Waals surface area contributed by atoms with Crippen molar-refractivity contribution in [2.24, 2.45) is 11.7 Å². The fraction of sp³-hybridized carbons (Fsp3) is 1.00. The lowest BCUT2D eigenvalue weighted by Gasteiger charge is -2.17. The molecule has 0 aromatic heterocycles. The highest BCUT2D eigenvalue weighted by Gasteiger charge is 2.21. The van der Waals surface area contributed by atoms with Gasteiger partial charge in [0.1, 0.15) is 0 Å². The van der Waals surface area contributed by atoms with E-state index in [2.05, 4.69) is 4.52 Å². The molecule has 0 aliphatic rings. The molecule has 16 heavy (non-hydrogen) atoms. The zero-order valence-corrected chi connectivity index (χ0v) is 10.8. The van der Waals surface area contributed by atoms with E-state index in [0.29, 0.717) is 13.2 Å². The summed E-state index contributed by atoms with van der Waals surface area (Å²) in [6.45, 7) is 1.30. The molecule has 6 nitrogen and oxygen atoms in total. The number of phosphoric ester groups is 1. The second kappa shape index (κ2) is 9.10. The lowest BCUT2D eigenvalue weighted by Crippen LogP contribution is -2.15. The summed E-state index contributed by atoms with van der Waals surface area (Å²) in [5.41, 5.74) is 5.39. The van der Waals surface area contributed by atoms with Crippen molar-refractivity contribution in [3.63, 3.8) is 0 Å². The Morgan fingerprint density at radius 1 is 1.31 bits per heavy atom. The Hall–Kier alpha value is 0.0300. The Kier molecular flexibility index (Phi) is 9.12. The minimum Gasteiger partial charge on any atom is -0.384 e. The van der Waals surface area contributed by atoms with E-state index in [1.54, 1.807) is 7.11 Å². The molecular weight excluding hydrogens is 233 g/mol. The largest absolute Gasteiger partial charge is 0.471 e. The zero-order valence-electron chi connectivity index (χ0n) is 9.92. The average molecular weight is 255 g/mol. The molecule has 7 heteroatoms. The Bertz CT molecular complexity index is 214. The van der Waals surface area contributed by atoms with Crippen LogP contribution in [0.25, 0.3) is 0 Å². The second-order valence-electron chi connectivity index (χ2n) is 3.55. The SMILES string of the molecule is COCC(CCCCN)COP(=O)(O)OC. The number of hydrogen-bond acceptors (Lipinski definition) is 5. The maximum Gasteiger partial charge on any atom is 0.471 e. The summed E-state index contributed by atoms with van der Waals surface area (Å²) >= 11 is 0. The first-order chi connectivity index (χ1) is 7.55. The highest BCUT2D eigenvalue weighted by Crippen LogP contribution is 2.42. The van der Waals surface area contributed by atoms with Crippen molar-refractivity contribution in [1.29, 1.82) is 0 Å². The van der Waals surface area contributed by atoms with E-state index >= 15 is 0 Å². The van der Waals surface area contributed by atoms with Gasteiger partial charge in [-0.25, -0.2) is 4.57 Å². The van der Waals surface area contributed by atoms with Crippen LogP contribution in [0.1, 0.15) is 19.3 Å². The Balaban J connectivity index is 3.88. The van der Waals surface area contributed by atoms with Crippen molar-refractivity contribution in [2.45, 2.75) is 19.3 Å². The predicted molar refractivity (Wildman–Crippen MR) is 61.1 cm³/mol. The van der Waals surface area contributed by atoms with E-state index in [4.69, 9.17) is 19.9 Å². The number of unbranched alkanes of at least 4 members (excludes halogenated alkanes) is 1. The Morgan fingerprint density at radius 2 is 2.00 bits per heavy atom. The molecule has 0 fully saturated rings. The minimum atomic E-state index is -3.87. The van der Waals surface area contributed by atoms with Gasteiger partial charge in [-0.15, -0.1) is 0 Å². The highest BCUT2D eigenvalue weighted by molar-refractivity contribution is 7.47. The molecule has 98 valence electrons. The quantitative estimate of drug-likeness (QED) is 0.449. The molecule has 0 radical (unpaired) electrons. The van der Waals surface area contributed by atoms with Crippen LogP contribution in [-0.2, 0) is 18.3 Å². The fourth-order valence-electron chi connectivity index (χ4n) is 1.28. The normalized spacial score (nSPS) is 17.0. The van der Waals surface area contributed by atoms with Gasteiger partial charge in [0.25, 0.3) is 0 Å². The van der Waals surface area contributed by atoms with E-state index in [0.717, 1.165) is 26.4 Å². The Morgan fingerprint density at radius 3 is 2.50 bits per heavy atom. The van der Waals surface area contributed by atoms with Crippen LogP contribution in [0.2, 0.25) is 0 Å². The molecule has 0 spiro atoms. The summed E-state index contributed by atoms with van der Waals surface area (Å²) < 4.78 is 25.2. The van der Waals surface area contributed by atoms with Gasteiger partial charge >= 0.3 is 7.82 Å². The second-order valence-corrected chi connectivity index (χ2v) is 5.11. The molecule has 0 saturated heterocycles. The maximum atomic E-state index is 11.1. The van der Waals surface area contributed by atoms with Gasteiger partial charge in [0.15, 0.2) is 0 Å². The molecule has 0 saturated carbocycles. The van der Waals surface area contributed by atoms with Crippen LogP contribution >= 0.6 is 7.82 Å². The van der Waals surface area contributed by atoms with Gasteiger partial charge in [-0.05, 0) is 19.4 Å². The first-order valence-electron chi connectivity index (χ1n) is 5.27. The van der Waals surface area contributed by atoms with Crippen molar-refractivity contribution in [3.05, 3.63) is 0 Å². The highest BCUT2D eigenvalue weighted by atomic mass is 31.2. The van der Waals surface area contributed by atoms with Crippen molar-refractivity contribution >= 4 is 7.82 Å². The molecule has 2 atom stereocenters. The number of hydrogen-bond donors (Lipinski definition) is 2. The lowest BCUT2D eigenvalue weighted by molar-refractivity contribution is 0.0906. The third-order valence-electron chi connectivity index (χ3n) is 2.17. The van der Waals surface area contributed by atoms with Gasteiger partial charge < -0.3 is 15.4 Å². The van der Waals surface area contributed by atoms with E-state index in [1.165, 1.54) is 0 Å². The number of rotatable bonds is 10. The summed E-state index contributed by atoms with van der Waals surface area (Å²) in [6, 6.07) is 0. The van der Waals surface area contributed by atoms with Crippen molar-refractivity contribution in [2.75, 3.05) is 34.0 Å². The monoisotopic (exact) mass is 255 g/mol. The number of phosphoric acid groups is 1.